The number of carbonyl (C=O) groups excluding carboxylic acids is 1. The van der Waals surface area contributed by atoms with Crippen LogP contribution in [0.15, 0.2) is 42.7 Å². The lowest BCUT2D eigenvalue weighted by Gasteiger charge is -2.31. The van der Waals surface area contributed by atoms with Gasteiger partial charge in [0.05, 0.1) is 6.20 Å². The molecule has 2 aromatic rings. The van der Waals surface area contributed by atoms with E-state index in [1.54, 1.807) is 18.3 Å². The summed E-state index contributed by atoms with van der Waals surface area (Å²) in [5.74, 6) is 1.08. The molecule has 1 aromatic heterocycles. The summed E-state index contributed by atoms with van der Waals surface area (Å²) in [6.07, 6.45) is 7.97. The van der Waals surface area contributed by atoms with Crippen molar-refractivity contribution in [2.75, 3.05) is 5.32 Å². The highest BCUT2D eigenvalue weighted by Gasteiger charge is 2.29. The zero-order valence-electron chi connectivity index (χ0n) is 13.8. The second-order valence-corrected chi connectivity index (χ2v) is 7.01. The zero-order chi connectivity index (χ0) is 16.9. The average Bonchev–Trinajstić information content (AvgIpc) is 2.64. The highest BCUT2D eigenvalue weighted by atomic mass is 35.5. The second-order valence-electron chi connectivity index (χ2n) is 6.57. The molecule has 126 valence electrons. The van der Waals surface area contributed by atoms with Gasteiger partial charge in [-0.2, -0.15) is 10.2 Å². The SMILES string of the molecule is CC(C(=O)Nc1ccc(Cl)cc1)C1CCC(c2ccnnc2)CC1. The van der Waals surface area contributed by atoms with Crippen LogP contribution >= 0.6 is 11.6 Å². The Morgan fingerprint density at radius 2 is 1.83 bits per heavy atom. The van der Waals surface area contributed by atoms with Crippen LogP contribution < -0.4 is 5.32 Å². The molecule has 1 aliphatic rings. The fourth-order valence-corrected chi connectivity index (χ4v) is 3.62. The second kappa shape index (κ2) is 7.75. The fourth-order valence-electron chi connectivity index (χ4n) is 3.50. The number of carbonyl (C=O) groups is 1. The molecule has 1 aliphatic carbocycles. The molecule has 1 heterocycles. The van der Waals surface area contributed by atoms with Crippen LogP contribution in [0.1, 0.15) is 44.1 Å². The molecular formula is C19H22ClN3O. The van der Waals surface area contributed by atoms with Gasteiger partial charge in [0.15, 0.2) is 0 Å². The van der Waals surface area contributed by atoms with Crippen LogP contribution in [-0.2, 0) is 4.79 Å². The van der Waals surface area contributed by atoms with Gasteiger partial charge in [0.2, 0.25) is 5.91 Å². The first kappa shape index (κ1) is 16.9. The highest BCUT2D eigenvalue weighted by molar-refractivity contribution is 6.30. The summed E-state index contributed by atoms with van der Waals surface area (Å²) in [5.41, 5.74) is 2.06. The third-order valence-electron chi connectivity index (χ3n) is 5.08. The number of rotatable bonds is 4. The molecule has 24 heavy (non-hydrogen) atoms. The lowest BCUT2D eigenvalue weighted by Crippen LogP contribution is -2.29. The van der Waals surface area contributed by atoms with Gasteiger partial charge in [-0.25, -0.2) is 0 Å². The van der Waals surface area contributed by atoms with E-state index >= 15 is 0 Å². The maximum atomic E-state index is 12.5. The molecule has 0 bridgehead atoms. The summed E-state index contributed by atoms with van der Waals surface area (Å²) in [5, 5.41) is 11.5. The van der Waals surface area contributed by atoms with E-state index in [1.165, 1.54) is 5.56 Å². The normalized spacial score (nSPS) is 21.9. The third kappa shape index (κ3) is 4.12. The van der Waals surface area contributed by atoms with Crippen molar-refractivity contribution in [2.24, 2.45) is 11.8 Å². The van der Waals surface area contributed by atoms with Gasteiger partial charge in [-0.3, -0.25) is 4.79 Å². The Morgan fingerprint density at radius 3 is 2.46 bits per heavy atom. The maximum Gasteiger partial charge on any atom is 0.227 e. The lowest BCUT2D eigenvalue weighted by molar-refractivity contribution is -0.121. The first-order valence-electron chi connectivity index (χ1n) is 8.46. The largest absolute Gasteiger partial charge is 0.326 e. The minimum atomic E-state index is 0.0113. The van der Waals surface area contributed by atoms with Gasteiger partial charge in [0, 0.05) is 22.8 Å². The van der Waals surface area contributed by atoms with E-state index in [0.717, 1.165) is 31.4 Å². The van der Waals surface area contributed by atoms with Gasteiger partial charge in [-0.1, -0.05) is 18.5 Å². The Bertz CT molecular complexity index is 667. The molecule has 1 saturated carbocycles. The molecule has 4 nitrogen and oxygen atoms in total. The van der Waals surface area contributed by atoms with Crippen LogP contribution in [0.25, 0.3) is 0 Å². The molecule has 0 aliphatic heterocycles. The Labute approximate surface area is 147 Å². The standard InChI is InChI=1S/C19H22ClN3O/c1-13(19(24)23-18-8-6-17(20)7-9-18)14-2-4-15(5-3-14)16-10-11-21-22-12-16/h6-15H,2-5H2,1H3,(H,23,24). The molecular weight excluding hydrogens is 322 g/mol. The molecule has 0 spiro atoms. The van der Waals surface area contributed by atoms with Gasteiger partial charge >= 0.3 is 0 Å². The van der Waals surface area contributed by atoms with Crippen LogP contribution in [0, 0.1) is 11.8 Å². The van der Waals surface area contributed by atoms with E-state index in [0.29, 0.717) is 16.9 Å². The number of aromatic nitrogens is 2. The number of benzene rings is 1. The summed E-state index contributed by atoms with van der Waals surface area (Å²) in [4.78, 5) is 12.5. The van der Waals surface area contributed by atoms with Gasteiger partial charge in [-0.05, 0) is 73.4 Å². The van der Waals surface area contributed by atoms with Crippen molar-refractivity contribution in [3.05, 3.63) is 53.3 Å². The van der Waals surface area contributed by atoms with Crippen LogP contribution in [0.2, 0.25) is 5.02 Å². The van der Waals surface area contributed by atoms with E-state index < -0.39 is 0 Å². The zero-order valence-corrected chi connectivity index (χ0v) is 14.5. The Balaban J connectivity index is 1.53. The van der Waals surface area contributed by atoms with Crippen molar-refractivity contribution in [1.29, 1.82) is 0 Å². The number of hydrogen-bond donors (Lipinski definition) is 1. The summed E-state index contributed by atoms with van der Waals surface area (Å²) < 4.78 is 0. The minimum absolute atomic E-state index is 0.0113. The van der Waals surface area contributed by atoms with Crippen LogP contribution in [0.4, 0.5) is 5.69 Å². The van der Waals surface area contributed by atoms with E-state index in [1.807, 2.05) is 25.3 Å². The predicted octanol–water partition coefficient (Wildman–Crippen LogP) is 4.68. The van der Waals surface area contributed by atoms with Crippen molar-refractivity contribution in [2.45, 2.75) is 38.5 Å². The molecule has 1 amide bonds. The predicted molar refractivity (Wildman–Crippen MR) is 96.0 cm³/mol. The van der Waals surface area contributed by atoms with E-state index in [9.17, 15) is 4.79 Å². The van der Waals surface area contributed by atoms with Gasteiger partial charge in [-0.15, -0.1) is 0 Å². The topological polar surface area (TPSA) is 54.9 Å². The molecule has 1 fully saturated rings. The molecule has 0 saturated heterocycles. The van der Waals surface area contributed by atoms with Crippen LogP contribution in [0.5, 0.6) is 0 Å². The van der Waals surface area contributed by atoms with Crippen molar-refractivity contribution in [3.8, 4) is 0 Å². The first-order chi connectivity index (χ1) is 11.6. The molecule has 1 aromatic carbocycles. The number of halogens is 1. The summed E-state index contributed by atoms with van der Waals surface area (Å²) >= 11 is 5.88. The summed E-state index contributed by atoms with van der Waals surface area (Å²) in [7, 11) is 0. The number of nitrogens with one attached hydrogen (secondary N) is 1. The highest BCUT2D eigenvalue weighted by Crippen LogP contribution is 2.38. The van der Waals surface area contributed by atoms with E-state index in [4.69, 9.17) is 11.6 Å². The Morgan fingerprint density at radius 1 is 1.12 bits per heavy atom. The molecule has 1 N–H and O–H groups in total. The Kier molecular flexibility index (Phi) is 5.46. The third-order valence-corrected chi connectivity index (χ3v) is 5.33. The number of hydrogen-bond acceptors (Lipinski definition) is 3. The molecule has 1 unspecified atom stereocenters. The van der Waals surface area contributed by atoms with Crippen LogP contribution in [0.3, 0.4) is 0 Å². The van der Waals surface area contributed by atoms with Crippen molar-refractivity contribution in [3.63, 3.8) is 0 Å². The molecule has 5 heteroatoms. The average molecular weight is 344 g/mol. The smallest absolute Gasteiger partial charge is 0.227 e. The minimum Gasteiger partial charge on any atom is -0.326 e. The number of anilines is 1. The molecule has 1 atom stereocenters. The lowest BCUT2D eigenvalue weighted by atomic mass is 9.74. The van der Waals surface area contributed by atoms with Gasteiger partial charge < -0.3 is 5.32 Å². The Hall–Kier alpha value is -1.94. The number of nitrogens with zero attached hydrogens (tertiary/aromatic N) is 2. The number of amides is 1. The monoisotopic (exact) mass is 343 g/mol. The summed E-state index contributed by atoms with van der Waals surface area (Å²) in [6.45, 7) is 2.03. The first-order valence-corrected chi connectivity index (χ1v) is 8.84. The van der Waals surface area contributed by atoms with E-state index in [-0.39, 0.29) is 11.8 Å². The molecule has 3 rings (SSSR count). The molecule has 0 radical (unpaired) electrons. The van der Waals surface area contributed by atoms with Gasteiger partial charge in [0.25, 0.3) is 0 Å². The van der Waals surface area contributed by atoms with Crippen LogP contribution in [-0.4, -0.2) is 16.1 Å². The van der Waals surface area contributed by atoms with Crippen molar-refractivity contribution < 1.29 is 4.79 Å². The van der Waals surface area contributed by atoms with Gasteiger partial charge in [0.1, 0.15) is 0 Å². The maximum absolute atomic E-state index is 12.5. The fraction of sp³-hybridized carbons (Fsp3) is 0.421. The van der Waals surface area contributed by atoms with Crippen molar-refractivity contribution >= 4 is 23.2 Å². The van der Waals surface area contributed by atoms with E-state index in [2.05, 4.69) is 21.6 Å². The van der Waals surface area contributed by atoms with Crippen molar-refractivity contribution in [1.82, 2.24) is 10.2 Å². The quantitative estimate of drug-likeness (QED) is 0.877. The summed E-state index contributed by atoms with van der Waals surface area (Å²) in [6, 6.07) is 9.29.